The maximum absolute atomic E-state index is 13.8. The molecule has 204 valence electrons. The lowest BCUT2D eigenvalue weighted by molar-refractivity contribution is -0.161. The van der Waals surface area contributed by atoms with Crippen LogP contribution in [0.2, 0.25) is 0 Å². The number of thioether (sulfide) groups is 1. The Kier molecular flexibility index (Phi) is 7.86. The van der Waals surface area contributed by atoms with Gasteiger partial charge in [0.1, 0.15) is 18.0 Å². The Morgan fingerprint density at radius 2 is 1.77 bits per heavy atom. The van der Waals surface area contributed by atoms with Gasteiger partial charge in [0, 0.05) is 6.20 Å². The number of benzene rings is 2. The number of carbonyl (C=O) groups is 3. The molecule has 2 saturated heterocycles. The van der Waals surface area contributed by atoms with Crippen LogP contribution < -0.4 is 0 Å². The number of carbonyl (C=O) groups excluding carboxylic acids is 3. The molecule has 2 aliphatic rings. The highest BCUT2D eigenvalue weighted by Gasteiger charge is 2.63. The number of ether oxygens (including phenoxy) is 2. The normalized spacial score (nSPS) is 22.5. The predicted octanol–water partition coefficient (Wildman–Crippen LogP) is 4.18. The molecule has 3 aromatic rings. The number of amides is 1. The molecule has 9 heteroatoms. The number of aliphatic hydroxyl groups excluding tert-OH is 1. The van der Waals surface area contributed by atoms with Crippen LogP contribution in [0, 0.1) is 0 Å². The highest BCUT2D eigenvalue weighted by atomic mass is 32.2. The fourth-order valence-corrected chi connectivity index (χ4v) is 6.40. The quantitative estimate of drug-likeness (QED) is 0.181. The van der Waals surface area contributed by atoms with Crippen molar-refractivity contribution in [1.82, 2.24) is 9.88 Å². The van der Waals surface area contributed by atoms with Crippen LogP contribution in [0.5, 0.6) is 0 Å². The van der Waals surface area contributed by atoms with Crippen LogP contribution in [0.4, 0.5) is 0 Å². The van der Waals surface area contributed by atoms with Gasteiger partial charge in [-0.1, -0.05) is 73.3 Å². The van der Waals surface area contributed by atoms with Crippen molar-refractivity contribution < 1.29 is 29.0 Å². The molecule has 8 nitrogen and oxygen atoms in total. The van der Waals surface area contributed by atoms with E-state index in [2.05, 4.69) is 11.6 Å². The number of rotatable bonds is 9. The monoisotopic (exact) mass is 556 g/mol. The highest BCUT2D eigenvalue weighted by molar-refractivity contribution is 8.02. The maximum Gasteiger partial charge on any atom is 0.338 e. The Labute approximate surface area is 236 Å². The molecule has 1 N–H and O–H groups in total. The summed E-state index contributed by atoms with van der Waals surface area (Å²) in [5.74, 6) is -1.48. The zero-order valence-electron chi connectivity index (χ0n) is 21.8. The van der Waals surface area contributed by atoms with Gasteiger partial charge in [-0.3, -0.25) is 9.78 Å². The molecule has 0 spiro atoms. The standard InChI is InChI=1S/C31H28N2O6S/c1-3-16-38-29(36)22-14-15-32-23(17-22)18-24-27(35)33-26(31(2,19-34)40-28(24)33)30(37)39-25(20-10-6-4-7-11-20)21-12-8-5-9-13-21/h3-15,17-18,25-26,28,34H,1,16,19H2,2H3/b24-18-/t26-,28?,31-/m0/s1. The van der Waals surface area contributed by atoms with Crippen molar-refractivity contribution in [2.45, 2.75) is 29.2 Å². The molecule has 3 atom stereocenters. The molecule has 2 aromatic carbocycles. The number of β-lactam (4-membered cyclic amide) rings is 1. The number of nitrogens with zero attached hydrogens (tertiary/aromatic N) is 2. The lowest BCUT2D eigenvalue weighted by Crippen LogP contribution is -2.59. The first-order chi connectivity index (χ1) is 19.4. The second-order valence-corrected chi connectivity index (χ2v) is 11.3. The molecule has 0 saturated carbocycles. The van der Waals surface area contributed by atoms with E-state index in [0.717, 1.165) is 11.1 Å². The van der Waals surface area contributed by atoms with E-state index in [1.165, 1.54) is 41.1 Å². The van der Waals surface area contributed by atoms with Gasteiger partial charge in [0.2, 0.25) is 0 Å². The number of aromatic nitrogens is 1. The van der Waals surface area contributed by atoms with E-state index in [0.29, 0.717) is 16.8 Å². The van der Waals surface area contributed by atoms with E-state index in [4.69, 9.17) is 9.47 Å². The van der Waals surface area contributed by atoms with E-state index < -0.39 is 34.2 Å². The Balaban J connectivity index is 1.40. The topological polar surface area (TPSA) is 106 Å². The van der Waals surface area contributed by atoms with Gasteiger partial charge in [0.15, 0.2) is 6.10 Å². The molecular formula is C31H28N2O6S. The molecule has 0 radical (unpaired) electrons. The van der Waals surface area contributed by atoms with Crippen LogP contribution >= 0.6 is 11.8 Å². The molecule has 1 unspecified atom stereocenters. The first-order valence-corrected chi connectivity index (χ1v) is 13.6. The molecule has 0 bridgehead atoms. The maximum atomic E-state index is 13.8. The second kappa shape index (κ2) is 11.5. The van der Waals surface area contributed by atoms with Crippen LogP contribution in [0.25, 0.3) is 6.08 Å². The van der Waals surface area contributed by atoms with Crippen LogP contribution in [-0.4, -0.2) is 62.2 Å². The van der Waals surface area contributed by atoms with Gasteiger partial charge < -0.3 is 19.5 Å². The Bertz CT molecular complexity index is 1420. The summed E-state index contributed by atoms with van der Waals surface area (Å²) in [6.07, 6.45) is 3.86. The summed E-state index contributed by atoms with van der Waals surface area (Å²) in [6, 6.07) is 20.8. The van der Waals surface area contributed by atoms with E-state index in [-0.39, 0.29) is 19.1 Å². The van der Waals surface area contributed by atoms with Crippen LogP contribution in [0.3, 0.4) is 0 Å². The number of pyridine rings is 1. The lowest BCUT2D eigenvalue weighted by atomic mass is 9.94. The number of hydrogen-bond donors (Lipinski definition) is 1. The Morgan fingerprint density at radius 1 is 1.12 bits per heavy atom. The van der Waals surface area contributed by atoms with Crippen molar-refractivity contribution in [1.29, 1.82) is 0 Å². The van der Waals surface area contributed by atoms with Crippen molar-refractivity contribution in [2.75, 3.05) is 13.2 Å². The number of hydrogen-bond acceptors (Lipinski definition) is 8. The number of aliphatic hydroxyl groups is 1. The van der Waals surface area contributed by atoms with Crippen LogP contribution in [-0.2, 0) is 19.1 Å². The van der Waals surface area contributed by atoms with E-state index in [1.54, 1.807) is 13.0 Å². The summed E-state index contributed by atoms with van der Waals surface area (Å²) >= 11 is 1.33. The summed E-state index contributed by atoms with van der Waals surface area (Å²) in [5.41, 5.74) is 2.71. The molecule has 0 aliphatic carbocycles. The van der Waals surface area contributed by atoms with Crippen molar-refractivity contribution in [2.24, 2.45) is 0 Å². The zero-order valence-corrected chi connectivity index (χ0v) is 22.6. The Hall–Kier alpha value is -4.21. The minimum Gasteiger partial charge on any atom is -0.458 e. The summed E-state index contributed by atoms with van der Waals surface area (Å²) in [6.45, 7) is 5.02. The van der Waals surface area contributed by atoms with E-state index in [1.807, 2.05) is 60.7 Å². The third-order valence-electron chi connectivity index (χ3n) is 6.87. The average molecular weight is 557 g/mol. The zero-order chi connectivity index (χ0) is 28.3. The van der Waals surface area contributed by atoms with Crippen molar-refractivity contribution in [3.8, 4) is 0 Å². The number of esters is 2. The number of fused-ring (bicyclic) bond motifs is 1. The summed E-state index contributed by atoms with van der Waals surface area (Å²) in [7, 11) is 0. The molecule has 2 aliphatic heterocycles. The minimum absolute atomic E-state index is 0.0797. The molecule has 2 fully saturated rings. The van der Waals surface area contributed by atoms with Crippen molar-refractivity contribution >= 4 is 35.7 Å². The fourth-order valence-electron chi connectivity index (χ4n) is 4.85. The second-order valence-electron chi connectivity index (χ2n) is 9.65. The smallest absolute Gasteiger partial charge is 0.338 e. The summed E-state index contributed by atoms with van der Waals surface area (Å²) in [4.78, 5) is 45.1. The van der Waals surface area contributed by atoms with Gasteiger partial charge in [0.25, 0.3) is 5.91 Å². The van der Waals surface area contributed by atoms with Crippen LogP contribution in [0.1, 0.15) is 40.2 Å². The highest BCUT2D eigenvalue weighted by Crippen LogP contribution is 2.54. The fraction of sp³-hybridized carbons (Fsp3) is 0.226. The third kappa shape index (κ3) is 5.17. The molecule has 1 amide bonds. The Morgan fingerprint density at radius 3 is 2.38 bits per heavy atom. The van der Waals surface area contributed by atoms with Gasteiger partial charge in [-0.05, 0) is 36.3 Å². The van der Waals surface area contributed by atoms with Crippen LogP contribution in [0.15, 0.2) is 97.2 Å². The van der Waals surface area contributed by atoms with E-state index >= 15 is 0 Å². The SMILES string of the molecule is C=CCOC(=O)c1ccnc(/C=C2/C(=O)N3C2S[C@@](C)(CO)[C@@H]3C(=O)OC(c2ccccc2)c2ccccc2)c1. The lowest BCUT2D eigenvalue weighted by Gasteiger charge is -2.40. The van der Waals surface area contributed by atoms with Crippen molar-refractivity contribution in [3.05, 3.63) is 120 Å². The molecule has 40 heavy (non-hydrogen) atoms. The average Bonchev–Trinajstić information content (AvgIpc) is 3.28. The minimum atomic E-state index is -1.000. The largest absolute Gasteiger partial charge is 0.458 e. The van der Waals surface area contributed by atoms with E-state index in [9.17, 15) is 19.5 Å². The van der Waals surface area contributed by atoms with Gasteiger partial charge in [0.05, 0.1) is 28.2 Å². The summed E-state index contributed by atoms with van der Waals surface area (Å²) < 4.78 is 10.2. The van der Waals surface area contributed by atoms with Gasteiger partial charge in [-0.25, -0.2) is 9.59 Å². The molecule has 1 aromatic heterocycles. The predicted molar refractivity (Wildman–Crippen MR) is 151 cm³/mol. The summed E-state index contributed by atoms with van der Waals surface area (Å²) in [5, 5.41) is 9.87. The molecular weight excluding hydrogens is 528 g/mol. The van der Waals surface area contributed by atoms with Gasteiger partial charge in [-0.2, -0.15) is 0 Å². The first-order valence-electron chi connectivity index (χ1n) is 12.7. The van der Waals surface area contributed by atoms with Gasteiger partial charge in [-0.15, -0.1) is 11.8 Å². The van der Waals surface area contributed by atoms with Crippen molar-refractivity contribution in [3.63, 3.8) is 0 Å². The molecule has 3 heterocycles. The first kappa shape index (κ1) is 27.4. The molecule has 5 rings (SSSR count). The third-order valence-corrected chi connectivity index (χ3v) is 8.46. The van der Waals surface area contributed by atoms with Gasteiger partial charge >= 0.3 is 11.9 Å².